The standard InChI is InChI=1S/C24H36F3OSi/c1-2-29-15-13-19(14-16-29)6-4-3-5-18-7-9-20(10-8-18)21-11-12-23(22(25)17-21)28-24(26)27/h11-12,17-20,24H,2-10,13-16H2,1H3. The van der Waals surface area contributed by atoms with E-state index in [1.807, 2.05) is 0 Å². The predicted molar refractivity (Wildman–Crippen MR) is 115 cm³/mol. The second kappa shape index (κ2) is 11.4. The van der Waals surface area contributed by atoms with Crippen LogP contribution in [0, 0.1) is 17.7 Å². The number of unbranched alkanes of at least 4 members (excludes halogenated alkanes) is 1. The highest BCUT2D eigenvalue weighted by atomic mass is 28.3. The molecule has 1 aromatic rings. The third-order valence-corrected chi connectivity index (χ3v) is 10.3. The molecule has 0 amide bonds. The Balaban J connectivity index is 1.33. The number of rotatable bonds is 9. The van der Waals surface area contributed by atoms with E-state index in [0.29, 0.717) is 5.92 Å². The van der Waals surface area contributed by atoms with Crippen molar-refractivity contribution in [2.75, 3.05) is 0 Å². The van der Waals surface area contributed by atoms with E-state index in [0.717, 1.165) is 30.2 Å². The van der Waals surface area contributed by atoms with Crippen LogP contribution < -0.4 is 4.74 Å². The molecule has 0 bridgehead atoms. The molecule has 0 unspecified atom stereocenters. The Morgan fingerprint density at radius 1 is 0.966 bits per heavy atom. The molecule has 5 heteroatoms. The highest BCUT2D eigenvalue weighted by Crippen LogP contribution is 2.39. The van der Waals surface area contributed by atoms with Gasteiger partial charge in [0.1, 0.15) is 0 Å². The monoisotopic (exact) mass is 425 g/mol. The van der Waals surface area contributed by atoms with Crippen molar-refractivity contribution in [3.8, 4) is 5.75 Å². The van der Waals surface area contributed by atoms with Crippen LogP contribution in [-0.2, 0) is 0 Å². The third-order valence-electron chi connectivity index (χ3n) is 7.28. The largest absolute Gasteiger partial charge is 0.432 e. The fraction of sp³-hybridized carbons (Fsp3) is 0.750. The van der Waals surface area contributed by atoms with Crippen molar-refractivity contribution in [1.29, 1.82) is 0 Å². The zero-order valence-corrected chi connectivity index (χ0v) is 18.8. The van der Waals surface area contributed by atoms with Crippen molar-refractivity contribution in [3.63, 3.8) is 0 Å². The summed E-state index contributed by atoms with van der Waals surface area (Å²) in [6.45, 7) is -0.616. The molecule has 1 saturated heterocycles. The van der Waals surface area contributed by atoms with Crippen LogP contribution in [0.1, 0.15) is 82.6 Å². The lowest BCUT2D eigenvalue weighted by molar-refractivity contribution is -0.0522. The normalized spacial score (nSPS) is 24.2. The van der Waals surface area contributed by atoms with Gasteiger partial charge in [-0.1, -0.05) is 69.6 Å². The molecule has 1 aromatic carbocycles. The average molecular weight is 426 g/mol. The van der Waals surface area contributed by atoms with E-state index >= 15 is 0 Å². The van der Waals surface area contributed by atoms with E-state index in [9.17, 15) is 13.2 Å². The molecule has 1 nitrogen and oxygen atoms in total. The molecule has 0 spiro atoms. The second-order valence-corrected chi connectivity index (χ2v) is 12.3. The van der Waals surface area contributed by atoms with Crippen molar-refractivity contribution in [2.45, 2.75) is 102 Å². The Bertz CT molecular complexity index is 608. The van der Waals surface area contributed by atoms with Gasteiger partial charge in [-0.25, -0.2) is 4.39 Å². The van der Waals surface area contributed by atoms with Crippen LogP contribution >= 0.6 is 0 Å². The average Bonchev–Trinajstić information content (AvgIpc) is 2.73. The van der Waals surface area contributed by atoms with Gasteiger partial charge in [0, 0.05) is 8.80 Å². The Hall–Kier alpha value is -0.973. The Kier molecular flexibility index (Phi) is 8.95. The molecule has 2 aliphatic rings. The first-order chi connectivity index (χ1) is 14.0. The summed E-state index contributed by atoms with van der Waals surface area (Å²) in [7, 11) is 0.0313. The van der Waals surface area contributed by atoms with Gasteiger partial charge < -0.3 is 4.74 Å². The summed E-state index contributed by atoms with van der Waals surface area (Å²) in [5, 5.41) is 0. The van der Waals surface area contributed by atoms with Crippen molar-refractivity contribution >= 4 is 8.80 Å². The maximum atomic E-state index is 14.0. The molecular formula is C24H36F3OSi. The van der Waals surface area contributed by atoms with Gasteiger partial charge in [0.2, 0.25) is 0 Å². The first-order valence-corrected chi connectivity index (χ1v) is 13.7. The molecule has 3 rings (SSSR count). The van der Waals surface area contributed by atoms with Crippen LogP contribution in [0.3, 0.4) is 0 Å². The minimum Gasteiger partial charge on any atom is -0.432 e. The van der Waals surface area contributed by atoms with Crippen LogP contribution in [0.4, 0.5) is 13.2 Å². The van der Waals surface area contributed by atoms with E-state index in [1.54, 1.807) is 18.2 Å². The van der Waals surface area contributed by atoms with E-state index in [1.165, 1.54) is 69.5 Å². The van der Waals surface area contributed by atoms with Gasteiger partial charge in [0.25, 0.3) is 0 Å². The van der Waals surface area contributed by atoms with E-state index < -0.39 is 12.4 Å². The van der Waals surface area contributed by atoms with Crippen LogP contribution in [-0.4, -0.2) is 15.4 Å². The lowest BCUT2D eigenvalue weighted by Crippen LogP contribution is -2.20. The zero-order valence-electron chi connectivity index (χ0n) is 17.8. The van der Waals surface area contributed by atoms with Crippen molar-refractivity contribution in [3.05, 3.63) is 29.6 Å². The van der Waals surface area contributed by atoms with Crippen LogP contribution in [0.5, 0.6) is 5.75 Å². The summed E-state index contributed by atoms with van der Waals surface area (Å²) < 4.78 is 42.7. The Morgan fingerprint density at radius 2 is 1.59 bits per heavy atom. The highest BCUT2D eigenvalue weighted by Gasteiger charge is 2.24. The summed E-state index contributed by atoms with van der Waals surface area (Å²) in [5.41, 5.74) is 0.924. The first kappa shape index (κ1) is 22.7. The third kappa shape index (κ3) is 7.04. The summed E-state index contributed by atoms with van der Waals surface area (Å²) in [6.07, 6.45) is 13.0. The molecule has 0 N–H and O–H groups in total. The lowest BCUT2D eigenvalue weighted by Gasteiger charge is -2.29. The molecule has 1 aliphatic heterocycles. The SMILES string of the molecule is CC[Si]1CCC(CCCCC2CCC(c3ccc(OC(F)F)c(F)c3)CC2)CC1. The molecule has 0 aromatic heterocycles. The van der Waals surface area contributed by atoms with Gasteiger partial charge in [0.15, 0.2) is 11.6 Å². The number of ether oxygens (including phenoxy) is 1. The summed E-state index contributed by atoms with van der Waals surface area (Å²) in [6, 6.07) is 9.04. The van der Waals surface area contributed by atoms with Crippen LogP contribution in [0.25, 0.3) is 0 Å². The fourth-order valence-corrected chi connectivity index (χ4v) is 7.93. The second-order valence-electron chi connectivity index (χ2n) is 9.12. The van der Waals surface area contributed by atoms with Crippen LogP contribution in [0.2, 0.25) is 18.1 Å². The Morgan fingerprint density at radius 3 is 2.14 bits per heavy atom. The van der Waals surface area contributed by atoms with E-state index in [-0.39, 0.29) is 14.5 Å². The molecule has 29 heavy (non-hydrogen) atoms. The maximum absolute atomic E-state index is 14.0. The highest BCUT2D eigenvalue weighted by molar-refractivity contribution is 6.58. The van der Waals surface area contributed by atoms with E-state index in [2.05, 4.69) is 11.7 Å². The van der Waals surface area contributed by atoms with Gasteiger partial charge in [-0.2, -0.15) is 8.78 Å². The summed E-state index contributed by atoms with van der Waals surface area (Å²) >= 11 is 0. The van der Waals surface area contributed by atoms with Crippen LogP contribution in [0.15, 0.2) is 18.2 Å². The maximum Gasteiger partial charge on any atom is 0.387 e. The summed E-state index contributed by atoms with van der Waals surface area (Å²) in [4.78, 5) is 0. The van der Waals surface area contributed by atoms with Gasteiger partial charge >= 0.3 is 6.61 Å². The van der Waals surface area contributed by atoms with Gasteiger partial charge in [-0.05, 0) is 61.1 Å². The summed E-state index contributed by atoms with van der Waals surface area (Å²) in [5.74, 6) is 1.11. The number of halogens is 3. The molecule has 1 radical (unpaired) electrons. The number of hydrogen-bond acceptors (Lipinski definition) is 1. The minimum atomic E-state index is -2.99. The van der Waals surface area contributed by atoms with Gasteiger partial charge in [-0.15, -0.1) is 0 Å². The topological polar surface area (TPSA) is 9.23 Å². The molecule has 2 fully saturated rings. The zero-order chi connectivity index (χ0) is 20.6. The molecular weight excluding hydrogens is 389 g/mol. The van der Waals surface area contributed by atoms with Gasteiger partial charge in [-0.3, -0.25) is 0 Å². The van der Waals surface area contributed by atoms with Crippen molar-refractivity contribution in [1.82, 2.24) is 0 Å². The minimum absolute atomic E-state index is 0.0313. The predicted octanol–water partition coefficient (Wildman–Crippen LogP) is 8.19. The molecule has 1 heterocycles. The molecule has 1 aliphatic carbocycles. The number of benzene rings is 1. The van der Waals surface area contributed by atoms with Crippen molar-refractivity contribution < 1.29 is 17.9 Å². The lowest BCUT2D eigenvalue weighted by atomic mass is 9.77. The molecule has 1 saturated carbocycles. The van der Waals surface area contributed by atoms with E-state index in [4.69, 9.17) is 0 Å². The first-order valence-electron chi connectivity index (χ1n) is 11.6. The smallest absolute Gasteiger partial charge is 0.387 e. The Labute approximate surface area is 176 Å². The fourth-order valence-electron chi connectivity index (χ4n) is 5.34. The quantitative estimate of drug-likeness (QED) is 0.286. The van der Waals surface area contributed by atoms with Gasteiger partial charge in [0.05, 0.1) is 0 Å². The molecule has 0 atom stereocenters. The van der Waals surface area contributed by atoms with Crippen molar-refractivity contribution in [2.24, 2.45) is 11.8 Å². The number of alkyl halides is 2. The number of hydrogen-bond donors (Lipinski definition) is 0. The molecule has 163 valence electrons.